The van der Waals surface area contributed by atoms with E-state index in [1.165, 1.54) is 34.4 Å². The molecule has 1 heterocycles. The zero-order chi connectivity index (χ0) is 22.0. The Balaban J connectivity index is 1.37. The minimum atomic E-state index is -3.75. The number of nitrogens with zero attached hydrogens (tertiary/aromatic N) is 1. The van der Waals surface area contributed by atoms with Crippen molar-refractivity contribution in [2.75, 3.05) is 13.1 Å². The van der Waals surface area contributed by atoms with Crippen LogP contribution in [0.1, 0.15) is 23.1 Å². The van der Waals surface area contributed by atoms with Gasteiger partial charge in [-0.25, -0.2) is 17.5 Å². The van der Waals surface area contributed by atoms with Crippen LogP contribution in [0.25, 0.3) is 11.1 Å². The highest BCUT2D eigenvalue weighted by Crippen LogP contribution is 2.23. The van der Waals surface area contributed by atoms with Crippen molar-refractivity contribution in [1.29, 1.82) is 0 Å². The number of sulfonamides is 1. The second kappa shape index (κ2) is 8.91. The van der Waals surface area contributed by atoms with Crippen molar-refractivity contribution in [1.82, 2.24) is 9.62 Å². The summed E-state index contributed by atoms with van der Waals surface area (Å²) in [6.07, 6.45) is 0.731. The monoisotopic (exact) mass is 438 g/mol. The Morgan fingerprint density at radius 2 is 1.77 bits per heavy atom. The first-order chi connectivity index (χ1) is 14.8. The predicted molar refractivity (Wildman–Crippen MR) is 122 cm³/mol. The molecular formula is C25H27FN2O2S. The molecule has 0 spiro atoms. The topological polar surface area (TPSA) is 49.4 Å². The van der Waals surface area contributed by atoms with Crippen LogP contribution in [-0.2, 0) is 16.6 Å². The smallest absolute Gasteiger partial charge is 0.241 e. The molecule has 6 heteroatoms. The van der Waals surface area contributed by atoms with Crippen molar-refractivity contribution in [3.63, 3.8) is 0 Å². The van der Waals surface area contributed by atoms with Crippen LogP contribution in [0.15, 0.2) is 71.6 Å². The van der Waals surface area contributed by atoms with E-state index < -0.39 is 15.8 Å². The first-order valence-corrected chi connectivity index (χ1v) is 12.0. The van der Waals surface area contributed by atoms with Crippen LogP contribution in [0.3, 0.4) is 0 Å². The minimum Gasteiger partial charge on any atom is -0.297 e. The minimum absolute atomic E-state index is 0.0117. The van der Waals surface area contributed by atoms with Gasteiger partial charge in [0.05, 0.1) is 4.90 Å². The number of nitrogens with one attached hydrogen (secondary N) is 1. The molecule has 0 amide bonds. The van der Waals surface area contributed by atoms with Gasteiger partial charge in [0.1, 0.15) is 5.82 Å². The molecule has 162 valence electrons. The van der Waals surface area contributed by atoms with Gasteiger partial charge in [0.15, 0.2) is 0 Å². The largest absolute Gasteiger partial charge is 0.297 e. The number of hydrogen-bond acceptors (Lipinski definition) is 3. The predicted octanol–water partition coefficient (Wildman–Crippen LogP) is 4.66. The van der Waals surface area contributed by atoms with Gasteiger partial charge in [-0.05, 0) is 54.7 Å². The third-order valence-corrected chi connectivity index (χ3v) is 7.41. The number of halogens is 1. The molecule has 0 aromatic heterocycles. The van der Waals surface area contributed by atoms with Crippen molar-refractivity contribution in [2.45, 2.75) is 37.8 Å². The van der Waals surface area contributed by atoms with Gasteiger partial charge in [-0.3, -0.25) is 4.90 Å². The summed E-state index contributed by atoms with van der Waals surface area (Å²) in [6.45, 7) is 5.98. The molecule has 0 saturated carbocycles. The van der Waals surface area contributed by atoms with E-state index in [1.807, 2.05) is 0 Å². The van der Waals surface area contributed by atoms with Crippen molar-refractivity contribution in [3.05, 3.63) is 89.2 Å². The fourth-order valence-corrected chi connectivity index (χ4v) is 5.62. The fraction of sp³-hybridized carbons (Fsp3) is 0.280. The number of benzene rings is 3. The summed E-state index contributed by atoms with van der Waals surface area (Å²) in [6, 6.07) is 20.6. The van der Waals surface area contributed by atoms with Crippen molar-refractivity contribution >= 4 is 10.0 Å². The third-order valence-electron chi connectivity index (χ3n) is 5.75. The average Bonchev–Trinajstić information content (AvgIpc) is 3.16. The molecule has 4 rings (SSSR count). The molecule has 1 N–H and O–H groups in total. The molecule has 0 bridgehead atoms. The van der Waals surface area contributed by atoms with Crippen LogP contribution in [0.2, 0.25) is 0 Å². The molecule has 1 aliphatic heterocycles. The van der Waals surface area contributed by atoms with Crippen molar-refractivity contribution in [3.8, 4) is 11.1 Å². The Morgan fingerprint density at radius 1 is 1.00 bits per heavy atom. The van der Waals surface area contributed by atoms with E-state index >= 15 is 0 Å². The van der Waals surface area contributed by atoms with Crippen LogP contribution in [0.5, 0.6) is 0 Å². The highest BCUT2D eigenvalue weighted by molar-refractivity contribution is 7.89. The molecule has 0 radical (unpaired) electrons. The van der Waals surface area contributed by atoms with Gasteiger partial charge >= 0.3 is 0 Å². The van der Waals surface area contributed by atoms with Gasteiger partial charge in [-0.2, -0.15) is 0 Å². The molecule has 1 aliphatic rings. The van der Waals surface area contributed by atoms with E-state index in [-0.39, 0.29) is 10.9 Å². The normalized spacial score (nSPS) is 17.2. The summed E-state index contributed by atoms with van der Waals surface area (Å²) in [5, 5.41) is 0. The molecule has 4 nitrogen and oxygen atoms in total. The second-order valence-electron chi connectivity index (χ2n) is 8.32. The van der Waals surface area contributed by atoms with Crippen molar-refractivity contribution in [2.24, 2.45) is 0 Å². The zero-order valence-electron chi connectivity index (χ0n) is 17.8. The molecule has 1 atom stereocenters. The molecule has 1 saturated heterocycles. The Kier molecular flexibility index (Phi) is 6.23. The third kappa shape index (κ3) is 5.21. The van der Waals surface area contributed by atoms with Gasteiger partial charge in [-0.1, -0.05) is 60.2 Å². The van der Waals surface area contributed by atoms with E-state index in [9.17, 15) is 12.8 Å². The Labute approximate surface area is 183 Å². The van der Waals surface area contributed by atoms with Gasteiger partial charge in [0.2, 0.25) is 10.0 Å². The molecule has 1 fully saturated rings. The number of rotatable bonds is 6. The number of likely N-dealkylation sites (tertiary alicyclic amines) is 1. The average molecular weight is 439 g/mol. The van der Waals surface area contributed by atoms with E-state index in [2.05, 4.69) is 65.1 Å². The fourth-order valence-electron chi connectivity index (χ4n) is 4.10. The molecular weight excluding hydrogens is 411 g/mol. The van der Waals surface area contributed by atoms with Crippen LogP contribution in [-0.4, -0.2) is 32.4 Å². The van der Waals surface area contributed by atoms with Gasteiger partial charge in [0.25, 0.3) is 0 Å². The molecule has 31 heavy (non-hydrogen) atoms. The summed E-state index contributed by atoms with van der Waals surface area (Å²) in [5.41, 5.74) is 5.36. The standard InChI is InChI=1S/C25H27FN2O2S/c1-18-4-3-5-22(14-18)21-9-7-20(8-10-21)16-28-13-12-24(17-28)27-31(29,30)25-15-23(26)11-6-19(25)2/h3-11,14-15,24,27H,12-13,16-17H2,1-2H3/t24-/m1/s1. The maximum atomic E-state index is 13.6. The lowest BCUT2D eigenvalue weighted by atomic mass is 10.0. The lowest BCUT2D eigenvalue weighted by Crippen LogP contribution is -2.37. The Morgan fingerprint density at radius 3 is 2.52 bits per heavy atom. The van der Waals surface area contributed by atoms with Gasteiger partial charge in [-0.15, -0.1) is 0 Å². The highest BCUT2D eigenvalue weighted by atomic mass is 32.2. The summed E-state index contributed by atoms with van der Waals surface area (Å²) >= 11 is 0. The molecule has 0 unspecified atom stereocenters. The van der Waals surface area contributed by atoms with Crippen LogP contribution in [0, 0.1) is 19.7 Å². The number of hydrogen-bond donors (Lipinski definition) is 1. The number of aryl methyl sites for hydroxylation is 2. The summed E-state index contributed by atoms with van der Waals surface area (Å²) in [4.78, 5) is 2.26. The van der Waals surface area contributed by atoms with Gasteiger partial charge in [0, 0.05) is 25.7 Å². The van der Waals surface area contributed by atoms with E-state index in [0.717, 1.165) is 25.6 Å². The van der Waals surface area contributed by atoms with E-state index in [0.29, 0.717) is 12.1 Å². The Hall–Kier alpha value is -2.54. The van der Waals surface area contributed by atoms with E-state index in [4.69, 9.17) is 0 Å². The Bertz CT molecular complexity index is 1180. The lowest BCUT2D eigenvalue weighted by Gasteiger charge is -2.18. The summed E-state index contributed by atoms with van der Waals surface area (Å²) < 4.78 is 41.8. The molecule has 0 aliphatic carbocycles. The second-order valence-corrected chi connectivity index (χ2v) is 10.0. The maximum absolute atomic E-state index is 13.6. The van der Waals surface area contributed by atoms with E-state index in [1.54, 1.807) is 6.92 Å². The molecule has 3 aromatic carbocycles. The van der Waals surface area contributed by atoms with Crippen LogP contribution >= 0.6 is 0 Å². The summed E-state index contributed by atoms with van der Waals surface area (Å²) in [7, 11) is -3.75. The first-order valence-electron chi connectivity index (χ1n) is 10.5. The zero-order valence-corrected chi connectivity index (χ0v) is 18.6. The lowest BCUT2D eigenvalue weighted by molar-refractivity contribution is 0.324. The van der Waals surface area contributed by atoms with Crippen LogP contribution < -0.4 is 4.72 Å². The highest BCUT2D eigenvalue weighted by Gasteiger charge is 2.28. The summed E-state index contributed by atoms with van der Waals surface area (Å²) in [5.74, 6) is -0.548. The molecule has 3 aromatic rings. The SMILES string of the molecule is Cc1cccc(-c2ccc(CN3CC[C@@H](NS(=O)(=O)c4cc(F)ccc4C)C3)cc2)c1. The van der Waals surface area contributed by atoms with Crippen molar-refractivity contribution < 1.29 is 12.8 Å². The quantitative estimate of drug-likeness (QED) is 0.609. The van der Waals surface area contributed by atoms with Gasteiger partial charge < -0.3 is 0 Å². The van der Waals surface area contributed by atoms with Crippen LogP contribution in [0.4, 0.5) is 4.39 Å². The maximum Gasteiger partial charge on any atom is 0.241 e. The first kappa shape index (κ1) is 21.7.